The highest BCUT2D eigenvalue weighted by molar-refractivity contribution is 8.00. The van der Waals surface area contributed by atoms with Gasteiger partial charge in [-0.3, -0.25) is 0 Å². The Labute approximate surface area is 944 Å². The zero-order chi connectivity index (χ0) is 117. The molecule has 13 aliphatic heterocycles. The highest BCUT2D eigenvalue weighted by Crippen LogP contribution is 2.35. The van der Waals surface area contributed by atoms with E-state index < -0.39 is 19.7 Å². The molecule has 0 amide bonds. The van der Waals surface area contributed by atoms with Gasteiger partial charge in [0.1, 0.15) is 0 Å². The first kappa shape index (κ1) is 166. The third kappa shape index (κ3) is 136. The summed E-state index contributed by atoms with van der Waals surface area (Å²) in [6.45, 7) is 139. The van der Waals surface area contributed by atoms with Crippen molar-refractivity contribution in [2.24, 2.45) is 86.8 Å². The zero-order valence-corrected chi connectivity index (χ0v) is 113. The van der Waals surface area contributed by atoms with Crippen molar-refractivity contribution in [2.45, 2.75) is 436 Å². The molecule has 13 saturated heterocycles. The van der Waals surface area contributed by atoms with E-state index in [1.54, 1.807) is 6.92 Å². The van der Waals surface area contributed by atoms with Crippen LogP contribution < -0.4 is 58.5 Å². The van der Waals surface area contributed by atoms with Crippen molar-refractivity contribution in [2.75, 3.05) is 266 Å². The molecule has 11 N–H and O–H groups in total. The Bertz CT molecular complexity index is 2620. The SMILES string of the molecule is CC(C)C.CC(C)C.CC(C)C.CC(C)C.CC(C)C.CC(C)C.CC(C)C.CC(C)C.CC(C)C.CC1CCCC(C(C)(C)C)O1.CC1CNCCN1.CC1CNCCN1.CC1CNCCO1.CC1CNCCS1.CC1CNCCS1(=O)=O.CC1COCC(C(C)(C)C)C1.CC1COCCN1.CC1CS(=O)(=O)CCN1.CC1CSCCN1.CN1CCN(C)C(C(C)(C)C)C1.CN1CCN(C)C(C(C)(C)C)C1.CN1CCNCC1. The van der Waals surface area contributed by atoms with Crippen LogP contribution in [0.5, 0.6) is 0 Å². The minimum absolute atomic E-state index is 0.142. The summed E-state index contributed by atoms with van der Waals surface area (Å²) in [5.74, 6) is 13.8. The van der Waals surface area contributed by atoms with E-state index in [0.717, 1.165) is 181 Å². The van der Waals surface area contributed by atoms with Crippen LogP contribution in [0.4, 0.5) is 0 Å². The van der Waals surface area contributed by atoms with Gasteiger partial charge < -0.3 is 102 Å². The molecule has 912 valence electrons. The van der Waals surface area contributed by atoms with Crippen LogP contribution in [0.3, 0.4) is 0 Å². The van der Waals surface area contributed by atoms with Crippen LogP contribution in [0.1, 0.15) is 365 Å². The molecule has 149 heavy (non-hydrogen) atoms. The molecule has 0 bridgehead atoms. The fourth-order valence-corrected chi connectivity index (χ4v) is 18.6. The summed E-state index contributed by atoms with van der Waals surface area (Å²) in [4.78, 5) is 12.2. The number of morpholine rings is 2. The van der Waals surface area contributed by atoms with E-state index in [2.05, 4.69) is 455 Å². The third-order valence-corrected chi connectivity index (χ3v) is 28.5. The lowest BCUT2D eigenvalue weighted by atomic mass is 9.75. The standard InChI is InChI=1S/2C10H22N2.2C10H20O.3C5H12N2.2C5H11NO2S.2C5H11NO.2C5H11NS.9C4H10/c2*1-10(2,3)9-8-11(4)6-7-12(9)5;1-8-5-9(7-11-6-8)10(2,3)4;1-8-6-5-7-9(11-8)10(2,3)4;1-7-4-2-6-3-5-7;2*1-5-4-6-2-3-7-5;1-5-4-9(7,8)3-2-6-5;1-5-4-6-2-3-9(5,7)8;1-5-4-7-3-2-6-5;1-5-4-6-2-3-7-5;1-5-4-7-3-2-6-5;1-5-4-6-2-3-7-5;9*1-4(2)3/h2*9H,6-8H2,1-5H3;2*8-9H,5-7H2,1-4H3;6H,2-5H2,1H3;2*5-7H,2-4H2,1H3;2*5-6H,2-4H2,1H3;4*5-6H,2-4H2,1H3;9*4H,1-3H3. The smallest absolute Gasteiger partial charge is 0.155 e. The second-order valence-corrected chi connectivity index (χ2v) is 61.6. The Hall–Kier alpha value is -0.200. The van der Waals surface area contributed by atoms with Crippen LogP contribution in [-0.4, -0.2) is 379 Å². The predicted octanol–water partition coefficient (Wildman–Crippen LogP) is 22.1. The number of rotatable bonds is 0. The van der Waals surface area contributed by atoms with Crippen molar-refractivity contribution >= 4 is 43.2 Å². The van der Waals surface area contributed by atoms with Crippen molar-refractivity contribution in [3.05, 3.63) is 0 Å². The predicted molar refractivity (Wildman–Crippen MR) is 676 cm³/mol. The summed E-state index contributed by atoms with van der Waals surface area (Å²) >= 11 is 4.10. The molecule has 0 aromatic heterocycles. The lowest BCUT2D eigenvalue weighted by Gasteiger charge is -2.44. The number of likely N-dealkylation sites (N-methyl/N-ethyl adjacent to an activating group) is 5. The lowest BCUT2D eigenvalue weighted by Crippen LogP contribution is -2.55. The first-order chi connectivity index (χ1) is 68.4. The van der Waals surface area contributed by atoms with Crippen LogP contribution in [0.15, 0.2) is 0 Å². The molecule has 0 aromatic carbocycles. The molecule has 0 radical (unpaired) electrons. The number of sulfone groups is 2. The van der Waals surface area contributed by atoms with Crippen LogP contribution in [0, 0.1) is 86.8 Å². The average molecular weight is 2210 g/mol. The highest BCUT2D eigenvalue weighted by atomic mass is 32.2. The molecule has 14 atom stereocenters. The summed E-state index contributed by atoms with van der Waals surface area (Å²) < 4.78 is 65.2. The van der Waals surface area contributed by atoms with E-state index in [1.807, 2.05) is 18.7 Å². The second-order valence-electron chi connectivity index (χ2n) is 54.2. The molecular formula is C121H276N16O8S4. The molecule has 0 aliphatic carbocycles. The minimum Gasteiger partial charge on any atom is -0.381 e. The summed E-state index contributed by atoms with van der Waals surface area (Å²) in [6, 6.07) is 4.21. The summed E-state index contributed by atoms with van der Waals surface area (Å²) in [5.41, 5.74) is 1.57. The van der Waals surface area contributed by atoms with Gasteiger partial charge in [-0.1, -0.05) is 284 Å². The van der Waals surface area contributed by atoms with Crippen LogP contribution in [-0.2, 0) is 38.6 Å². The van der Waals surface area contributed by atoms with Crippen LogP contribution in [0.2, 0.25) is 0 Å². The molecule has 24 nitrogen and oxygen atoms in total. The first-order valence-electron chi connectivity index (χ1n) is 59.8. The Morgan fingerprint density at radius 2 is 0.745 bits per heavy atom. The van der Waals surface area contributed by atoms with Gasteiger partial charge in [0.2, 0.25) is 0 Å². The van der Waals surface area contributed by atoms with Gasteiger partial charge in [0, 0.05) is 242 Å². The maximum atomic E-state index is 10.9. The summed E-state index contributed by atoms with van der Waals surface area (Å²) in [6.07, 6.45) is 6.54. The van der Waals surface area contributed by atoms with Gasteiger partial charge in [0.15, 0.2) is 19.7 Å². The largest absolute Gasteiger partial charge is 0.381 e. The monoisotopic (exact) mass is 2210 g/mol. The number of hydrogen-bond acceptors (Lipinski definition) is 26. The normalized spacial score (nSPS) is 26.5. The number of thioether (sulfide) groups is 2. The molecule has 0 aromatic rings. The van der Waals surface area contributed by atoms with Crippen molar-refractivity contribution in [1.29, 1.82) is 0 Å². The van der Waals surface area contributed by atoms with E-state index in [1.165, 1.54) is 115 Å². The number of hydrogen-bond donors (Lipinski definition) is 11. The molecule has 13 heterocycles. The number of nitrogens with one attached hydrogen (secondary N) is 11. The van der Waals surface area contributed by atoms with Gasteiger partial charge in [0.05, 0.1) is 60.6 Å². The summed E-state index contributed by atoms with van der Waals surface area (Å²) in [5, 5.41) is 36.3. The maximum absolute atomic E-state index is 10.9. The van der Waals surface area contributed by atoms with Gasteiger partial charge in [-0.05, 0) is 203 Å². The zero-order valence-electron chi connectivity index (χ0n) is 110. The fourth-order valence-electron chi connectivity index (χ4n) is 14.2. The molecule has 0 saturated carbocycles. The third-order valence-electron chi connectivity index (χ3n) is 22.1. The Balaban J connectivity index is -0.000000199. The van der Waals surface area contributed by atoms with Gasteiger partial charge in [-0.25, -0.2) is 16.8 Å². The molecular weight excluding hydrogens is 1930 g/mol. The fraction of sp³-hybridized carbons (Fsp3) is 1.00. The first-order valence-corrected chi connectivity index (χ1v) is 65.5. The van der Waals surface area contributed by atoms with Crippen LogP contribution in [0.25, 0.3) is 0 Å². The Morgan fingerprint density at radius 3 is 0.953 bits per heavy atom. The summed E-state index contributed by atoms with van der Waals surface area (Å²) in [7, 11) is 5.64. The quantitative estimate of drug-likeness (QED) is 0.108. The van der Waals surface area contributed by atoms with Crippen LogP contribution >= 0.6 is 23.5 Å². The maximum Gasteiger partial charge on any atom is 0.155 e. The average Bonchev–Trinajstić information content (AvgIpc) is 0.837. The minimum atomic E-state index is -2.72. The second kappa shape index (κ2) is 102. The van der Waals surface area contributed by atoms with E-state index in [4.69, 9.17) is 18.9 Å². The van der Waals surface area contributed by atoms with E-state index in [0.29, 0.717) is 107 Å². The topological polar surface area (TPSA) is 254 Å². The van der Waals surface area contributed by atoms with Crippen molar-refractivity contribution in [3.63, 3.8) is 0 Å². The van der Waals surface area contributed by atoms with Gasteiger partial charge in [-0.15, -0.1) is 0 Å². The van der Waals surface area contributed by atoms with Crippen molar-refractivity contribution < 1.29 is 35.8 Å². The lowest BCUT2D eigenvalue weighted by molar-refractivity contribution is -0.0904. The van der Waals surface area contributed by atoms with E-state index >= 15 is 0 Å². The molecule has 28 heteroatoms. The number of nitrogens with zero attached hydrogens (tertiary/aromatic N) is 5. The molecule has 13 fully saturated rings. The molecule has 0 spiro atoms. The van der Waals surface area contributed by atoms with Gasteiger partial charge in [0.25, 0.3) is 0 Å². The highest BCUT2D eigenvalue weighted by Gasteiger charge is 2.35. The molecule has 13 aliphatic rings. The van der Waals surface area contributed by atoms with E-state index in [-0.39, 0.29) is 11.3 Å². The van der Waals surface area contributed by atoms with Crippen molar-refractivity contribution in [1.82, 2.24) is 83.0 Å². The van der Waals surface area contributed by atoms with Gasteiger partial charge >= 0.3 is 0 Å². The Kier molecular flexibility index (Phi) is 114. The number of ether oxygens (including phenoxy) is 4. The number of piperazine rings is 5. The Morgan fingerprint density at radius 1 is 0.336 bits per heavy atom. The molecule has 13 rings (SSSR count). The van der Waals surface area contributed by atoms with Gasteiger partial charge in [-0.2, -0.15) is 23.5 Å². The molecule has 14 unspecified atom stereocenters. The van der Waals surface area contributed by atoms with E-state index in [9.17, 15) is 16.8 Å². The van der Waals surface area contributed by atoms with Crippen molar-refractivity contribution in [3.8, 4) is 0 Å².